The Morgan fingerprint density at radius 3 is 2.67 bits per heavy atom. The molecule has 27 heavy (non-hydrogen) atoms. The van der Waals surface area contributed by atoms with Gasteiger partial charge in [0.25, 0.3) is 0 Å². The van der Waals surface area contributed by atoms with Crippen LogP contribution in [-0.2, 0) is 4.79 Å². The zero-order chi connectivity index (χ0) is 19.1. The van der Waals surface area contributed by atoms with Crippen LogP contribution in [0.15, 0.2) is 66.9 Å². The van der Waals surface area contributed by atoms with Crippen LogP contribution in [-0.4, -0.2) is 17.5 Å². The second kappa shape index (κ2) is 9.05. The fourth-order valence-electron chi connectivity index (χ4n) is 2.41. The Labute approximate surface area is 163 Å². The molecule has 0 aliphatic heterocycles. The first-order chi connectivity index (χ1) is 13.1. The van der Waals surface area contributed by atoms with Gasteiger partial charge in [-0.3, -0.25) is 4.79 Å². The highest BCUT2D eigenvalue weighted by Crippen LogP contribution is 2.23. The van der Waals surface area contributed by atoms with E-state index in [1.54, 1.807) is 18.3 Å². The number of carbonyl (C=O) groups excluding carboxylic acids is 1. The van der Waals surface area contributed by atoms with E-state index in [4.69, 9.17) is 16.3 Å². The number of aryl methyl sites for hydroxylation is 1. The molecular formula is C21H20ClN3O2. The van der Waals surface area contributed by atoms with Crippen LogP contribution in [0.2, 0.25) is 5.02 Å². The summed E-state index contributed by atoms with van der Waals surface area (Å²) < 4.78 is 5.52. The number of aromatic nitrogens is 1. The van der Waals surface area contributed by atoms with Gasteiger partial charge >= 0.3 is 0 Å². The van der Waals surface area contributed by atoms with E-state index in [1.807, 2.05) is 55.5 Å². The Morgan fingerprint density at radius 1 is 1.11 bits per heavy atom. The van der Waals surface area contributed by atoms with Crippen LogP contribution in [0.1, 0.15) is 12.0 Å². The molecule has 0 fully saturated rings. The molecule has 5 nitrogen and oxygen atoms in total. The van der Waals surface area contributed by atoms with Crippen molar-refractivity contribution in [3.05, 3.63) is 77.4 Å². The Bertz CT molecular complexity index is 899. The normalized spacial score (nSPS) is 10.3. The molecule has 2 aromatic carbocycles. The molecule has 0 aliphatic carbocycles. The minimum absolute atomic E-state index is 0.126. The van der Waals surface area contributed by atoms with Gasteiger partial charge in [0.1, 0.15) is 11.6 Å². The van der Waals surface area contributed by atoms with Gasteiger partial charge in [-0.1, -0.05) is 35.9 Å². The number of anilines is 3. The lowest BCUT2D eigenvalue weighted by atomic mass is 10.2. The molecule has 0 radical (unpaired) electrons. The number of hydrogen-bond donors (Lipinski definition) is 2. The van der Waals surface area contributed by atoms with Crippen molar-refractivity contribution in [2.45, 2.75) is 13.3 Å². The van der Waals surface area contributed by atoms with Crippen molar-refractivity contribution < 1.29 is 9.53 Å². The summed E-state index contributed by atoms with van der Waals surface area (Å²) in [7, 11) is 0. The van der Waals surface area contributed by atoms with Gasteiger partial charge < -0.3 is 15.4 Å². The molecule has 0 saturated carbocycles. The van der Waals surface area contributed by atoms with Gasteiger partial charge in [0.15, 0.2) is 0 Å². The lowest BCUT2D eigenvalue weighted by Crippen LogP contribution is -2.15. The number of pyridine rings is 1. The summed E-state index contributed by atoms with van der Waals surface area (Å²) in [5.74, 6) is 1.30. The summed E-state index contributed by atoms with van der Waals surface area (Å²) in [4.78, 5) is 16.3. The lowest BCUT2D eigenvalue weighted by molar-refractivity contribution is -0.116. The van der Waals surface area contributed by atoms with Crippen molar-refractivity contribution in [2.75, 3.05) is 17.2 Å². The highest BCUT2D eigenvalue weighted by Gasteiger charge is 2.05. The van der Waals surface area contributed by atoms with Gasteiger partial charge in [-0.25, -0.2) is 4.98 Å². The van der Waals surface area contributed by atoms with E-state index in [1.165, 1.54) is 0 Å². The molecule has 0 atom stereocenters. The zero-order valence-corrected chi connectivity index (χ0v) is 15.7. The Balaban J connectivity index is 1.49. The summed E-state index contributed by atoms with van der Waals surface area (Å²) in [6.07, 6.45) is 1.87. The number of para-hydroxylation sites is 1. The molecule has 3 aromatic rings. The van der Waals surface area contributed by atoms with Gasteiger partial charge in [-0.15, -0.1) is 0 Å². The predicted octanol–water partition coefficient (Wildman–Crippen LogP) is 5.19. The molecule has 0 unspecified atom stereocenters. The van der Waals surface area contributed by atoms with Crippen molar-refractivity contribution in [3.8, 4) is 5.75 Å². The van der Waals surface area contributed by atoms with E-state index in [0.717, 1.165) is 17.0 Å². The molecular weight excluding hydrogens is 362 g/mol. The number of benzene rings is 2. The standard InChI is InChI=1S/C21H20ClN3O2/c1-15-7-8-16(22)13-19(15)25-20-10-9-17(14-23-20)24-21(26)11-12-27-18-5-3-2-4-6-18/h2-10,13-14H,11-12H2,1H3,(H,23,25)(H,24,26). The van der Waals surface area contributed by atoms with Crippen LogP contribution < -0.4 is 15.4 Å². The number of nitrogens with one attached hydrogen (secondary N) is 2. The molecule has 0 aliphatic rings. The third-order valence-corrected chi connectivity index (χ3v) is 4.09. The van der Waals surface area contributed by atoms with Crippen LogP contribution in [0.4, 0.5) is 17.2 Å². The van der Waals surface area contributed by atoms with E-state index < -0.39 is 0 Å². The molecule has 0 bridgehead atoms. The van der Waals surface area contributed by atoms with E-state index >= 15 is 0 Å². The molecule has 2 N–H and O–H groups in total. The Kier molecular flexibility index (Phi) is 6.28. The SMILES string of the molecule is Cc1ccc(Cl)cc1Nc1ccc(NC(=O)CCOc2ccccc2)cn1. The smallest absolute Gasteiger partial charge is 0.227 e. The van der Waals surface area contributed by atoms with Crippen molar-refractivity contribution in [1.29, 1.82) is 0 Å². The first-order valence-corrected chi connectivity index (χ1v) is 8.95. The maximum absolute atomic E-state index is 12.0. The van der Waals surface area contributed by atoms with Gasteiger partial charge in [0, 0.05) is 10.7 Å². The molecule has 1 amide bonds. The molecule has 3 rings (SSSR count). The zero-order valence-electron chi connectivity index (χ0n) is 14.9. The van der Waals surface area contributed by atoms with E-state index in [0.29, 0.717) is 23.1 Å². The topological polar surface area (TPSA) is 63.2 Å². The van der Waals surface area contributed by atoms with Gasteiger partial charge in [0.05, 0.1) is 24.9 Å². The monoisotopic (exact) mass is 381 g/mol. The molecule has 0 spiro atoms. The van der Waals surface area contributed by atoms with Crippen LogP contribution in [0.3, 0.4) is 0 Å². The number of rotatable bonds is 7. The van der Waals surface area contributed by atoms with Crippen LogP contribution in [0, 0.1) is 6.92 Å². The number of nitrogens with zero attached hydrogens (tertiary/aromatic N) is 1. The van der Waals surface area contributed by atoms with Crippen LogP contribution in [0.5, 0.6) is 5.75 Å². The second-order valence-electron chi connectivity index (χ2n) is 5.98. The summed E-state index contributed by atoms with van der Waals surface area (Å²) >= 11 is 6.03. The van der Waals surface area contributed by atoms with E-state index in [9.17, 15) is 4.79 Å². The quantitative estimate of drug-likeness (QED) is 0.590. The maximum atomic E-state index is 12.0. The predicted molar refractivity (Wildman–Crippen MR) is 109 cm³/mol. The maximum Gasteiger partial charge on any atom is 0.227 e. The number of carbonyl (C=O) groups is 1. The van der Waals surface area contributed by atoms with Gasteiger partial charge in [0.2, 0.25) is 5.91 Å². The third-order valence-electron chi connectivity index (χ3n) is 3.85. The van der Waals surface area contributed by atoms with Gasteiger partial charge in [-0.05, 0) is 48.9 Å². The average molecular weight is 382 g/mol. The minimum atomic E-state index is -0.126. The highest BCUT2D eigenvalue weighted by molar-refractivity contribution is 6.30. The number of amides is 1. The highest BCUT2D eigenvalue weighted by atomic mass is 35.5. The van der Waals surface area contributed by atoms with Crippen molar-refractivity contribution in [1.82, 2.24) is 4.98 Å². The molecule has 1 heterocycles. The fourth-order valence-corrected chi connectivity index (χ4v) is 2.58. The van der Waals surface area contributed by atoms with E-state index in [2.05, 4.69) is 15.6 Å². The summed E-state index contributed by atoms with van der Waals surface area (Å²) in [6, 6.07) is 18.6. The Hall–Kier alpha value is -3.05. The molecule has 6 heteroatoms. The molecule has 138 valence electrons. The van der Waals surface area contributed by atoms with Crippen LogP contribution >= 0.6 is 11.6 Å². The third kappa shape index (κ3) is 5.72. The van der Waals surface area contributed by atoms with E-state index in [-0.39, 0.29) is 12.3 Å². The first-order valence-electron chi connectivity index (χ1n) is 8.57. The molecule has 0 saturated heterocycles. The second-order valence-corrected chi connectivity index (χ2v) is 6.41. The van der Waals surface area contributed by atoms with Crippen LogP contribution in [0.25, 0.3) is 0 Å². The summed E-state index contributed by atoms with van der Waals surface area (Å²) in [6.45, 7) is 2.31. The summed E-state index contributed by atoms with van der Waals surface area (Å²) in [5, 5.41) is 6.68. The first kappa shape index (κ1) is 18.7. The number of ether oxygens (including phenoxy) is 1. The van der Waals surface area contributed by atoms with Crippen molar-refractivity contribution >= 4 is 34.7 Å². The average Bonchev–Trinajstić information content (AvgIpc) is 2.67. The lowest BCUT2D eigenvalue weighted by Gasteiger charge is -2.10. The number of halogens is 1. The fraction of sp³-hybridized carbons (Fsp3) is 0.143. The largest absolute Gasteiger partial charge is 0.493 e. The Morgan fingerprint density at radius 2 is 1.93 bits per heavy atom. The minimum Gasteiger partial charge on any atom is -0.493 e. The number of hydrogen-bond acceptors (Lipinski definition) is 4. The summed E-state index contributed by atoms with van der Waals surface area (Å²) in [5.41, 5.74) is 2.59. The molecule has 1 aromatic heterocycles. The van der Waals surface area contributed by atoms with Gasteiger partial charge in [-0.2, -0.15) is 0 Å². The van der Waals surface area contributed by atoms with Crippen molar-refractivity contribution in [3.63, 3.8) is 0 Å². The van der Waals surface area contributed by atoms with Crippen molar-refractivity contribution in [2.24, 2.45) is 0 Å².